The summed E-state index contributed by atoms with van der Waals surface area (Å²) in [6.45, 7) is 1.64. The van der Waals surface area contributed by atoms with E-state index in [2.05, 4.69) is 9.97 Å². The Kier molecular flexibility index (Phi) is 2.82. The summed E-state index contributed by atoms with van der Waals surface area (Å²) in [7, 11) is 0. The van der Waals surface area contributed by atoms with Crippen LogP contribution in [0.4, 0.5) is 23.5 Å². The number of hydrogen-bond acceptors (Lipinski definition) is 3. The van der Waals surface area contributed by atoms with Gasteiger partial charge in [0.05, 0.1) is 0 Å². The molecular formula is C13H8F4N4. The van der Waals surface area contributed by atoms with E-state index in [9.17, 15) is 17.6 Å². The molecule has 0 atom stereocenters. The Hall–Kier alpha value is -2.64. The van der Waals surface area contributed by atoms with Gasteiger partial charge in [-0.2, -0.15) is 0 Å². The highest BCUT2D eigenvalue weighted by atomic mass is 19.2. The molecule has 1 aromatic carbocycles. The number of halogens is 4. The first-order valence-corrected chi connectivity index (χ1v) is 5.85. The SMILES string of the molecule is Cc1ccc2nc(N)n(-c3c(F)c(F)cc(F)c3F)c2n1. The fourth-order valence-electron chi connectivity index (χ4n) is 2.05. The molecular weight excluding hydrogens is 288 g/mol. The van der Waals surface area contributed by atoms with E-state index >= 15 is 0 Å². The molecule has 0 radical (unpaired) electrons. The van der Waals surface area contributed by atoms with Gasteiger partial charge in [-0.15, -0.1) is 0 Å². The van der Waals surface area contributed by atoms with Crippen molar-refractivity contribution in [2.24, 2.45) is 0 Å². The van der Waals surface area contributed by atoms with Crippen LogP contribution in [0.3, 0.4) is 0 Å². The van der Waals surface area contributed by atoms with Gasteiger partial charge in [0.15, 0.2) is 28.9 Å². The molecule has 0 amide bonds. The summed E-state index contributed by atoms with van der Waals surface area (Å²) < 4.78 is 55.2. The minimum atomic E-state index is -1.57. The van der Waals surface area contributed by atoms with Crippen molar-refractivity contribution in [3.8, 4) is 5.69 Å². The number of aryl methyl sites for hydroxylation is 1. The highest BCUT2D eigenvalue weighted by Gasteiger charge is 2.24. The minimum Gasteiger partial charge on any atom is -0.369 e. The lowest BCUT2D eigenvalue weighted by Crippen LogP contribution is -2.09. The monoisotopic (exact) mass is 296 g/mol. The van der Waals surface area contributed by atoms with Crippen LogP contribution in [0.1, 0.15) is 5.69 Å². The van der Waals surface area contributed by atoms with Gasteiger partial charge in [-0.25, -0.2) is 27.5 Å². The molecule has 0 unspecified atom stereocenters. The quantitative estimate of drug-likeness (QED) is 0.555. The second kappa shape index (κ2) is 4.44. The molecule has 2 N–H and O–H groups in total. The van der Waals surface area contributed by atoms with Crippen LogP contribution in [0.15, 0.2) is 18.2 Å². The molecule has 4 nitrogen and oxygen atoms in total. The summed E-state index contributed by atoms with van der Waals surface area (Å²) in [6.07, 6.45) is 0. The van der Waals surface area contributed by atoms with Gasteiger partial charge in [0, 0.05) is 11.8 Å². The average Bonchev–Trinajstić information content (AvgIpc) is 2.73. The van der Waals surface area contributed by atoms with Gasteiger partial charge >= 0.3 is 0 Å². The Balaban J connectivity index is 2.46. The number of benzene rings is 1. The zero-order chi connectivity index (χ0) is 15.3. The van der Waals surface area contributed by atoms with Crippen LogP contribution < -0.4 is 5.73 Å². The summed E-state index contributed by atoms with van der Waals surface area (Å²) in [5, 5.41) is 0. The normalized spacial score (nSPS) is 11.3. The summed E-state index contributed by atoms with van der Waals surface area (Å²) in [5.41, 5.74) is 5.42. The van der Waals surface area contributed by atoms with Crippen LogP contribution in [0.25, 0.3) is 16.9 Å². The number of nitrogen functional groups attached to an aromatic ring is 1. The van der Waals surface area contributed by atoms with E-state index in [1.54, 1.807) is 13.0 Å². The van der Waals surface area contributed by atoms with E-state index in [4.69, 9.17) is 5.73 Å². The Morgan fingerprint density at radius 2 is 1.62 bits per heavy atom. The molecule has 3 aromatic rings. The summed E-state index contributed by atoms with van der Waals surface area (Å²) in [4.78, 5) is 7.93. The van der Waals surface area contributed by atoms with E-state index in [0.29, 0.717) is 5.69 Å². The standard InChI is InChI=1S/C13H8F4N4/c1-5-2-3-8-12(19-5)21(13(18)20-8)11-9(16)6(14)4-7(15)10(11)17/h2-4H,1H3,(H2,18,20). The average molecular weight is 296 g/mol. The maximum Gasteiger partial charge on any atom is 0.207 e. The Bertz CT molecular complexity index is 846. The lowest BCUT2D eigenvalue weighted by Gasteiger charge is -2.10. The third kappa shape index (κ3) is 1.91. The molecule has 0 aliphatic rings. The van der Waals surface area contributed by atoms with Gasteiger partial charge in [0.2, 0.25) is 5.95 Å². The van der Waals surface area contributed by atoms with Gasteiger partial charge in [0.25, 0.3) is 0 Å². The number of pyridine rings is 1. The van der Waals surface area contributed by atoms with Gasteiger partial charge in [-0.1, -0.05) is 0 Å². The summed E-state index contributed by atoms with van der Waals surface area (Å²) >= 11 is 0. The molecule has 0 aliphatic carbocycles. The third-order valence-electron chi connectivity index (χ3n) is 2.98. The topological polar surface area (TPSA) is 56.7 Å². The van der Waals surface area contributed by atoms with Gasteiger partial charge in [0.1, 0.15) is 11.2 Å². The van der Waals surface area contributed by atoms with Crippen molar-refractivity contribution in [1.82, 2.24) is 14.5 Å². The summed E-state index contributed by atoms with van der Waals surface area (Å²) in [5.74, 6) is -6.52. The Morgan fingerprint density at radius 1 is 1.00 bits per heavy atom. The highest BCUT2D eigenvalue weighted by Crippen LogP contribution is 2.28. The van der Waals surface area contributed by atoms with E-state index in [1.165, 1.54) is 6.07 Å². The van der Waals surface area contributed by atoms with Gasteiger partial charge in [-0.05, 0) is 19.1 Å². The molecule has 3 rings (SSSR count). The predicted octanol–water partition coefficient (Wildman–Crippen LogP) is 2.87. The first kappa shape index (κ1) is 13.3. The molecule has 0 spiro atoms. The molecule has 2 aromatic heterocycles. The van der Waals surface area contributed by atoms with Crippen LogP contribution in [-0.2, 0) is 0 Å². The van der Waals surface area contributed by atoms with Crippen LogP contribution in [0, 0.1) is 30.2 Å². The molecule has 0 saturated heterocycles. The number of aromatic nitrogens is 3. The van der Waals surface area contributed by atoms with Crippen LogP contribution in [0.2, 0.25) is 0 Å². The fraction of sp³-hybridized carbons (Fsp3) is 0.0769. The second-order valence-corrected chi connectivity index (χ2v) is 4.42. The number of fused-ring (bicyclic) bond motifs is 1. The lowest BCUT2D eigenvalue weighted by atomic mass is 10.2. The molecule has 0 fully saturated rings. The lowest BCUT2D eigenvalue weighted by molar-refractivity contribution is 0.449. The summed E-state index contributed by atoms with van der Waals surface area (Å²) in [6, 6.07) is 3.29. The van der Waals surface area contributed by atoms with Crippen molar-refractivity contribution < 1.29 is 17.6 Å². The highest BCUT2D eigenvalue weighted by molar-refractivity contribution is 5.77. The van der Waals surface area contributed by atoms with Crippen molar-refractivity contribution in [3.05, 3.63) is 47.2 Å². The van der Waals surface area contributed by atoms with Gasteiger partial charge < -0.3 is 5.73 Å². The van der Waals surface area contributed by atoms with E-state index in [0.717, 1.165) is 4.57 Å². The molecule has 0 saturated carbocycles. The number of imidazole rings is 1. The van der Waals surface area contributed by atoms with E-state index in [-0.39, 0.29) is 23.2 Å². The molecule has 0 aliphatic heterocycles. The van der Waals surface area contributed by atoms with Gasteiger partial charge in [-0.3, -0.25) is 4.57 Å². The zero-order valence-corrected chi connectivity index (χ0v) is 10.7. The maximum atomic E-state index is 13.9. The van der Waals surface area contributed by atoms with Crippen LogP contribution >= 0.6 is 0 Å². The number of nitrogens with two attached hydrogens (primary N) is 1. The largest absolute Gasteiger partial charge is 0.369 e. The van der Waals surface area contributed by atoms with E-state index in [1.807, 2.05) is 0 Å². The van der Waals surface area contributed by atoms with Crippen LogP contribution in [0.5, 0.6) is 0 Å². The second-order valence-electron chi connectivity index (χ2n) is 4.42. The number of nitrogens with zero attached hydrogens (tertiary/aromatic N) is 3. The smallest absolute Gasteiger partial charge is 0.207 e. The molecule has 2 heterocycles. The third-order valence-corrected chi connectivity index (χ3v) is 2.98. The van der Waals surface area contributed by atoms with Crippen molar-refractivity contribution in [2.45, 2.75) is 6.92 Å². The molecule has 8 heteroatoms. The van der Waals surface area contributed by atoms with Crippen molar-refractivity contribution >= 4 is 17.1 Å². The Labute approximate surface area is 115 Å². The Morgan fingerprint density at radius 3 is 2.24 bits per heavy atom. The van der Waals surface area contributed by atoms with Crippen molar-refractivity contribution in [2.75, 3.05) is 5.73 Å². The van der Waals surface area contributed by atoms with Crippen molar-refractivity contribution in [3.63, 3.8) is 0 Å². The molecule has 0 bridgehead atoms. The first-order chi connectivity index (χ1) is 9.90. The molecule has 108 valence electrons. The van der Waals surface area contributed by atoms with E-state index < -0.39 is 29.0 Å². The number of anilines is 1. The number of rotatable bonds is 1. The molecule has 21 heavy (non-hydrogen) atoms. The zero-order valence-electron chi connectivity index (χ0n) is 10.7. The number of hydrogen-bond donors (Lipinski definition) is 1. The predicted molar refractivity (Wildman–Crippen MR) is 67.8 cm³/mol. The minimum absolute atomic E-state index is 0.00954. The maximum absolute atomic E-state index is 13.9. The van der Waals surface area contributed by atoms with Crippen LogP contribution in [-0.4, -0.2) is 14.5 Å². The van der Waals surface area contributed by atoms with Crippen molar-refractivity contribution in [1.29, 1.82) is 0 Å². The fourth-order valence-corrected chi connectivity index (χ4v) is 2.05. The first-order valence-electron chi connectivity index (χ1n) is 5.85.